The number of nitriles is 1. The molecule has 0 fully saturated rings. The Balaban J connectivity index is -0.000000326. The summed E-state index contributed by atoms with van der Waals surface area (Å²) in [6, 6.07) is 25.0. The van der Waals surface area contributed by atoms with E-state index in [1.165, 1.54) is 34.4 Å². The van der Waals surface area contributed by atoms with Gasteiger partial charge in [-0.15, -0.1) is 0 Å². The minimum absolute atomic E-state index is 0.225. The fraction of sp³-hybridized carbons (Fsp3) is 0.581. The minimum atomic E-state index is -5.82. The van der Waals surface area contributed by atoms with E-state index in [2.05, 4.69) is 46.5 Å². The number of hydrogen-bond acceptors (Lipinski definition) is 18. The lowest BCUT2D eigenvalue weighted by atomic mass is 10.0. The van der Waals surface area contributed by atoms with Crippen LogP contribution in [0.3, 0.4) is 0 Å². The van der Waals surface area contributed by atoms with Crippen molar-refractivity contribution in [3.8, 4) is 6.07 Å². The van der Waals surface area contributed by atoms with E-state index in [-0.39, 0.29) is 36.6 Å². The number of nitrogens with zero attached hydrogens (tertiary/aromatic N) is 4. The monoisotopic (exact) mass is 1890 g/mol. The number of benzene rings is 3. The van der Waals surface area contributed by atoms with Crippen molar-refractivity contribution in [2.75, 3.05) is 56.7 Å². The number of carboxylic acid groups (broad SMARTS) is 1. The summed E-state index contributed by atoms with van der Waals surface area (Å²) in [5.41, 5.74) is 4.93. The van der Waals surface area contributed by atoms with E-state index in [1.54, 1.807) is 24.3 Å². The maximum atomic E-state index is 12.6. The lowest BCUT2D eigenvalue weighted by Crippen LogP contribution is -2.40. The zero-order valence-corrected chi connectivity index (χ0v) is 69.2. The van der Waals surface area contributed by atoms with Crippen molar-refractivity contribution in [3.63, 3.8) is 0 Å². The maximum absolute atomic E-state index is 12.6. The molecule has 0 heterocycles. The third kappa shape index (κ3) is 61.7. The number of ketones is 1. The first-order chi connectivity index (χ1) is 57.0. The molecule has 0 spiro atoms. The Bertz CT molecular complexity index is 3620. The van der Waals surface area contributed by atoms with Gasteiger partial charge in [0.05, 0.1) is 83.2 Å². The van der Waals surface area contributed by atoms with Gasteiger partial charge in [-0.25, -0.2) is 15.2 Å². The highest BCUT2D eigenvalue weighted by atomic mass is 19.5. The fourth-order valence-corrected chi connectivity index (χ4v) is 7.49. The van der Waals surface area contributed by atoms with Crippen LogP contribution in [0.25, 0.3) is 0 Å². The van der Waals surface area contributed by atoms with Crippen LogP contribution >= 0.6 is 0 Å². The number of rotatable bonds is 29. The first-order valence-corrected chi connectivity index (χ1v) is 35.3. The molecule has 0 aromatic heterocycles. The number of methoxy groups -OCH3 is 2. The highest BCUT2D eigenvalue weighted by molar-refractivity contribution is 5.89. The van der Waals surface area contributed by atoms with Gasteiger partial charge in [0.2, 0.25) is 5.91 Å². The molecule has 0 saturated carbocycles. The number of esters is 2. The molecule has 0 aliphatic carbocycles. The van der Waals surface area contributed by atoms with E-state index in [0.29, 0.717) is 13.1 Å². The number of carbonyl (C=O) groups is 8. The average Bonchev–Trinajstić information content (AvgIpc) is 0.823. The molecule has 3 aromatic carbocycles. The van der Waals surface area contributed by atoms with Gasteiger partial charge in [-0.2, -0.15) is 137 Å². The number of ether oxygens (including phenoxy) is 2. The second kappa shape index (κ2) is 60.2. The third-order valence-electron chi connectivity index (χ3n) is 15.7. The highest BCUT2D eigenvalue weighted by Crippen LogP contribution is 2.39. The van der Waals surface area contributed by atoms with Crippen molar-refractivity contribution in [3.05, 3.63) is 132 Å². The number of allylic oxidation sites excluding steroid dienone is 1. The van der Waals surface area contributed by atoms with Crippen molar-refractivity contribution < 1.29 is 199 Å². The van der Waals surface area contributed by atoms with Crippen LogP contribution in [0.15, 0.2) is 115 Å². The predicted octanol–water partition coefficient (Wildman–Crippen LogP) is 17.4. The number of hydroxylamine groups is 6. The number of amides is 3. The normalized spacial score (nSPS) is 14.1. The van der Waals surface area contributed by atoms with Gasteiger partial charge in [0.1, 0.15) is 30.0 Å². The molecule has 0 radical (unpaired) electrons. The van der Waals surface area contributed by atoms with E-state index in [4.69, 9.17) is 16.1 Å². The molecule has 10 atom stereocenters. The summed E-state index contributed by atoms with van der Waals surface area (Å²) in [7, 11) is 9.47. The molecular formula is C74H96F30N8O14. The van der Waals surface area contributed by atoms with Crippen LogP contribution in [0.5, 0.6) is 0 Å². The standard InChI is InChI=1S/C14H18F3NO2.C13H15F3N2.C13H16F3NO2.C7H7F6NO2.2C7H12F3NO2.C5H7F3O.C5H9NO2.C3F6O/c1-10(14(15,16)17)8-12(13(19)20-2)18-9-11-6-4-3-5-7-11;1-10(13(14,15)16)7-12(8-17)18-9-11-5-3-2-4-6-11;1-9(13(14,15)16)7-11(12(18)19)17-8-10-5-3-2-4-6-10;1-14(16-2)5(15)3-4(6(8,9)10)7(11,12)13;1-5(7(8,9)10)4-6(12)11(2)13-3;1-4(7(8,9)10)3-5(11)6(12)13-2;1-4(2-3-9)5(6,7)8;1-4-5(7)6(2)8-3;4-2(5,6)1(10)3(7,8)9/h3-7,10,12,18H,8-9H2,1-2H3;2-6,10,12,18H,7,9H2,1H3;2-6,9,11,17H,7-8H2,1H3,(H,18,19);3H,1-2H3;5H,4H2,1-3H3;4-5H,3,11H2,1-2H3;3-4H,2H2,1H3;4H,1H2,2-3H3;. The Kier molecular flexibility index (Phi) is 60.8. The van der Waals surface area contributed by atoms with Crippen LogP contribution in [0, 0.1) is 46.8 Å². The van der Waals surface area contributed by atoms with Crippen LogP contribution in [0.2, 0.25) is 0 Å². The number of halogens is 30. The Morgan fingerprint density at radius 2 is 0.738 bits per heavy atom. The van der Waals surface area contributed by atoms with E-state index in [9.17, 15) is 170 Å². The smallest absolute Gasteiger partial charge is 0.459 e. The Morgan fingerprint density at radius 1 is 0.437 bits per heavy atom. The zero-order valence-electron chi connectivity index (χ0n) is 69.2. The number of carboxylic acids is 1. The van der Waals surface area contributed by atoms with Crippen LogP contribution in [0.4, 0.5) is 132 Å². The van der Waals surface area contributed by atoms with Gasteiger partial charge in [0.15, 0.2) is 0 Å². The number of Topliss-reactive ketones (excluding diaryl/α,β-unsaturated/α-hetero) is 1. The minimum Gasteiger partial charge on any atom is -0.480 e. The second-order valence-corrected chi connectivity index (χ2v) is 25.8. The molecule has 6 N–H and O–H groups in total. The number of carbonyl (C=O) groups excluding carboxylic acids is 7. The largest absolute Gasteiger partial charge is 0.480 e. The second-order valence-electron chi connectivity index (χ2n) is 25.8. The number of alkyl halides is 30. The molecule has 22 nitrogen and oxygen atoms in total. The van der Waals surface area contributed by atoms with Crippen molar-refractivity contribution in [1.29, 1.82) is 5.26 Å². The van der Waals surface area contributed by atoms with E-state index >= 15 is 0 Å². The van der Waals surface area contributed by atoms with E-state index in [1.807, 2.05) is 72.8 Å². The van der Waals surface area contributed by atoms with Gasteiger partial charge in [-0.3, -0.25) is 53.4 Å². The van der Waals surface area contributed by atoms with Gasteiger partial charge in [-0.05, 0) is 48.4 Å². The van der Waals surface area contributed by atoms with Crippen LogP contribution in [0.1, 0.15) is 96.8 Å². The summed E-state index contributed by atoms with van der Waals surface area (Å²) in [5, 5.41) is 28.2. The summed E-state index contributed by atoms with van der Waals surface area (Å²) in [6.07, 6.45) is -50.4. The molecule has 3 amide bonds. The van der Waals surface area contributed by atoms with Gasteiger partial charge in [0, 0.05) is 59.7 Å². The molecule has 126 heavy (non-hydrogen) atoms. The lowest BCUT2D eigenvalue weighted by molar-refractivity contribution is -0.217. The maximum Gasteiger partial charge on any atom is 0.459 e. The van der Waals surface area contributed by atoms with Crippen LogP contribution in [-0.4, -0.2) is 211 Å². The topological polar surface area (TPSA) is 299 Å². The summed E-state index contributed by atoms with van der Waals surface area (Å²) in [4.78, 5) is 97.2. The van der Waals surface area contributed by atoms with Gasteiger partial charge >= 0.3 is 85.5 Å². The Hall–Kier alpha value is -9.59. The van der Waals surface area contributed by atoms with Crippen molar-refractivity contribution in [2.24, 2.45) is 41.2 Å². The lowest BCUT2D eigenvalue weighted by Gasteiger charge is -2.22. The molecular weight excluding hydrogens is 1790 g/mol. The molecule has 0 aliphatic rings. The van der Waals surface area contributed by atoms with Crippen LogP contribution < -0.4 is 21.7 Å². The van der Waals surface area contributed by atoms with Crippen LogP contribution in [-0.2, 0) is 82.0 Å². The molecule has 10 unspecified atom stereocenters. The summed E-state index contributed by atoms with van der Waals surface area (Å²) in [5.74, 6) is -18.4. The first kappa shape index (κ1) is 127. The summed E-state index contributed by atoms with van der Waals surface area (Å²) in [6.45, 7) is 10.2. The molecule has 52 heteroatoms. The summed E-state index contributed by atoms with van der Waals surface area (Å²) >= 11 is 0. The molecule has 726 valence electrons. The van der Waals surface area contributed by atoms with E-state index in [0.717, 1.165) is 96.7 Å². The predicted molar refractivity (Wildman–Crippen MR) is 388 cm³/mol. The molecule has 3 rings (SSSR count). The van der Waals surface area contributed by atoms with Crippen molar-refractivity contribution >= 4 is 47.7 Å². The van der Waals surface area contributed by atoms with Crippen molar-refractivity contribution in [1.82, 2.24) is 31.1 Å². The molecule has 0 bridgehead atoms. The molecule has 0 saturated heterocycles. The number of hydrogen-bond donors (Lipinski definition) is 5. The quantitative estimate of drug-likeness (QED) is 0.0142. The van der Waals surface area contributed by atoms with Gasteiger partial charge in [0.25, 0.3) is 11.8 Å². The average molecular weight is 1890 g/mol. The highest BCUT2D eigenvalue weighted by Gasteiger charge is 2.56. The number of nitrogens with two attached hydrogens (primary N) is 1. The molecule has 0 aliphatic heterocycles. The van der Waals surface area contributed by atoms with Gasteiger partial charge in [-0.1, -0.05) is 139 Å². The SMILES string of the molecule is C=CC(=O)N(C)OC.CC(CC(C#N)NCc1ccccc1)C(F)(F)F.CC(CC(NCc1ccccc1)C(=O)O)C(F)(F)F.CC(CC=O)C(F)(F)F.COC(=O)C(CC(C)C(F)(F)F)NCc1ccccc1.COC(=O)C(N)CC(C)C(F)(F)F.CON(C)C(=O)C=C(C(F)(F)F)C(F)(F)F.CON(C)C(=O)CC(C)C(F)(F)F.O=C(C(F)(F)F)C(F)(F)F. The first-order valence-electron chi connectivity index (χ1n) is 35.3. The number of aldehydes is 1. The summed E-state index contributed by atoms with van der Waals surface area (Å²) < 4.78 is 364. The number of likely N-dealkylation sites (N-methyl/N-ethyl adjacent to an activating group) is 2. The zero-order chi connectivity index (χ0) is 100. The number of aliphatic carboxylic acids is 1. The Morgan fingerprint density at radius 3 is 0.992 bits per heavy atom. The van der Waals surface area contributed by atoms with Crippen molar-refractivity contribution in [2.45, 2.75) is 186 Å². The number of nitrogens with one attached hydrogen (secondary N) is 3. The molecule has 3 aromatic rings. The van der Waals surface area contributed by atoms with Gasteiger partial charge < -0.3 is 35.7 Å². The Labute approximate surface area is 703 Å². The third-order valence-corrected chi connectivity index (χ3v) is 15.7. The van der Waals surface area contributed by atoms with E-state index < -0.39 is 194 Å². The fourth-order valence-electron chi connectivity index (χ4n) is 7.49.